The van der Waals surface area contributed by atoms with E-state index in [0.717, 1.165) is 31.2 Å². The number of aryl methyl sites for hydroxylation is 1. The molecule has 3 aliphatic rings. The van der Waals surface area contributed by atoms with Crippen molar-refractivity contribution >= 4 is 51.7 Å². The molecule has 1 unspecified atom stereocenters. The maximum Gasteiger partial charge on any atom is 0.267 e. The summed E-state index contributed by atoms with van der Waals surface area (Å²) in [4.78, 5) is 34.0. The minimum Gasteiger partial charge on any atom is -0.376 e. The van der Waals surface area contributed by atoms with E-state index in [9.17, 15) is 9.59 Å². The van der Waals surface area contributed by atoms with Gasteiger partial charge in [0.15, 0.2) is 0 Å². The van der Waals surface area contributed by atoms with E-state index in [1.54, 1.807) is 21.6 Å². The quantitative estimate of drug-likeness (QED) is 0.432. The molecule has 0 spiro atoms. The summed E-state index contributed by atoms with van der Waals surface area (Å²) in [6, 6.07) is 3.90. The summed E-state index contributed by atoms with van der Waals surface area (Å²) in [5, 5.41) is 7.28. The Morgan fingerprint density at radius 3 is 2.65 bits per heavy atom. The molecule has 5 rings (SSSR count). The number of ether oxygens (including phenoxy) is 1. The number of hydrogen-bond acceptors (Lipinski definition) is 8. The lowest BCUT2D eigenvalue weighted by Gasteiger charge is -2.46. The highest BCUT2D eigenvalue weighted by molar-refractivity contribution is 8.26. The fourth-order valence-corrected chi connectivity index (χ4v) is 7.15. The molecule has 0 bridgehead atoms. The lowest BCUT2D eigenvalue weighted by Crippen LogP contribution is -2.60. The van der Waals surface area contributed by atoms with E-state index < -0.39 is 0 Å². The molecule has 2 N–H and O–H groups in total. The number of thioether (sulfide) groups is 1. The van der Waals surface area contributed by atoms with Crippen LogP contribution in [0.1, 0.15) is 64.5 Å². The maximum atomic E-state index is 13.8. The highest BCUT2D eigenvalue weighted by Gasteiger charge is 2.39. The Morgan fingerprint density at radius 2 is 1.97 bits per heavy atom. The van der Waals surface area contributed by atoms with Gasteiger partial charge in [-0.1, -0.05) is 30.0 Å². The van der Waals surface area contributed by atoms with Crippen LogP contribution in [0.25, 0.3) is 11.7 Å². The zero-order chi connectivity index (χ0) is 26.5. The normalized spacial score (nSPS) is 24.9. The van der Waals surface area contributed by atoms with E-state index in [4.69, 9.17) is 21.9 Å². The number of carbonyl (C=O) groups is 1. The maximum absolute atomic E-state index is 13.8. The molecule has 5 heterocycles. The van der Waals surface area contributed by atoms with Gasteiger partial charge < -0.3 is 15.4 Å². The van der Waals surface area contributed by atoms with Crippen molar-refractivity contribution in [2.75, 3.05) is 18.5 Å². The number of amides is 1. The highest BCUT2D eigenvalue weighted by Crippen LogP contribution is 2.35. The zero-order valence-corrected chi connectivity index (χ0v) is 23.7. The van der Waals surface area contributed by atoms with Gasteiger partial charge in [-0.05, 0) is 78.0 Å². The Labute approximate surface area is 227 Å². The number of aromatic nitrogens is 2. The molecular formula is C27H35N5O3S2. The molecule has 0 aliphatic carbocycles. The van der Waals surface area contributed by atoms with Gasteiger partial charge in [-0.2, -0.15) is 0 Å². The second-order valence-corrected chi connectivity index (χ2v) is 13.4. The number of pyridine rings is 1. The summed E-state index contributed by atoms with van der Waals surface area (Å²) < 4.78 is 7.76. The number of carbonyl (C=O) groups excluding carboxylic acids is 1. The van der Waals surface area contributed by atoms with Crippen molar-refractivity contribution in [3.05, 3.63) is 44.7 Å². The predicted octanol–water partition coefficient (Wildman–Crippen LogP) is 4.10. The summed E-state index contributed by atoms with van der Waals surface area (Å²) >= 11 is 6.77. The lowest BCUT2D eigenvalue weighted by molar-refractivity contribution is -0.123. The van der Waals surface area contributed by atoms with Crippen molar-refractivity contribution in [1.29, 1.82) is 0 Å². The number of thiocarbonyl (C=S) groups is 1. The molecule has 3 saturated heterocycles. The van der Waals surface area contributed by atoms with Crippen molar-refractivity contribution in [1.82, 2.24) is 19.6 Å². The summed E-state index contributed by atoms with van der Waals surface area (Å²) in [5.41, 5.74) is 1.52. The number of anilines is 1. The Balaban J connectivity index is 1.54. The van der Waals surface area contributed by atoms with Crippen LogP contribution in [0, 0.1) is 6.92 Å². The first-order valence-electron chi connectivity index (χ1n) is 12.9. The van der Waals surface area contributed by atoms with Crippen LogP contribution in [-0.2, 0) is 9.53 Å². The van der Waals surface area contributed by atoms with Gasteiger partial charge in [-0.3, -0.25) is 18.9 Å². The third-order valence-corrected chi connectivity index (χ3v) is 8.47. The molecule has 2 aromatic rings. The molecule has 3 aliphatic heterocycles. The smallest absolute Gasteiger partial charge is 0.267 e. The van der Waals surface area contributed by atoms with Crippen LogP contribution >= 0.6 is 24.0 Å². The summed E-state index contributed by atoms with van der Waals surface area (Å²) in [6.45, 7) is 11.9. The number of nitrogens with zero attached hydrogens (tertiary/aromatic N) is 3. The van der Waals surface area contributed by atoms with Crippen LogP contribution in [-0.4, -0.2) is 60.9 Å². The van der Waals surface area contributed by atoms with Gasteiger partial charge in [0, 0.05) is 29.9 Å². The van der Waals surface area contributed by atoms with E-state index in [0.29, 0.717) is 39.4 Å². The van der Waals surface area contributed by atoms with Crippen molar-refractivity contribution in [3.63, 3.8) is 0 Å². The highest BCUT2D eigenvalue weighted by atomic mass is 32.2. The van der Waals surface area contributed by atoms with Crippen molar-refractivity contribution in [3.8, 4) is 0 Å². The molecule has 10 heteroatoms. The van der Waals surface area contributed by atoms with Crippen molar-refractivity contribution < 1.29 is 9.53 Å². The van der Waals surface area contributed by atoms with Gasteiger partial charge in [-0.15, -0.1) is 0 Å². The Bertz CT molecular complexity index is 1330. The standard InChI is InChI=1S/C27H35N5O3S2/c1-16-8-9-21-29-22(28-17-12-26(2,3)30-27(4,5)13-17)19(23(33)31(21)14-16)11-20-24(34)32(25(36)37-20)15-18-7-6-10-35-18/h8-9,11,14,17-18,28,30H,6-7,10,12-13,15H2,1-5H3/b20-11-. The van der Waals surface area contributed by atoms with Gasteiger partial charge in [0.25, 0.3) is 11.5 Å². The van der Waals surface area contributed by atoms with Crippen LogP contribution in [0.15, 0.2) is 28.0 Å². The fraction of sp³-hybridized carbons (Fsp3) is 0.556. The topological polar surface area (TPSA) is 88.0 Å². The van der Waals surface area contributed by atoms with Gasteiger partial charge >= 0.3 is 0 Å². The first-order chi connectivity index (χ1) is 17.4. The first kappa shape index (κ1) is 26.3. The van der Waals surface area contributed by atoms with E-state index >= 15 is 0 Å². The average Bonchev–Trinajstić information content (AvgIpc) is 3.39. The minimum atomic E-state index is -0.215. The molecule has 1 amide bonds. The van der Waals surface area contributed by atoms with Crippen molar-refractivity contribution in [2.45, 2.75) is 83.5 Å². The van der Waals surface area contributed by atoms with Crippen molar-refractivity contribution in [2.24, 2.45) is 0 Å². The largest absolute Gasteiger partial charge is 0.376 e. The molecule has 3 fully saturated rings. The molecule has 8 nitrogen and oxygen atoms in total. The van der Waals surface area contributed by atoms with Crippen LogP contribution < -0.4 is 16.2 Å². The zero-order valence-electron chi connectivity index (χ0n) is 22.1. The predicted molar refractivity (Wildman–Crippen MR) is 153 cm³/mol. The monoisotopic (exact) mass is 541 g/mol. The molecule has 0 saturated carbocycles. The van der Waals surface area contributed by atoms with E-state index in [1.165, 1.54) is 11.8 Å². The van der Waals surface area contributed by atoms with Gasteiger partial charge in [-0.25, -0.2) is 4.98 Å². The third kappa shape index (κ3) is 5.62. The van der Waals surface area contributed by atoms with Crippen LogP contribution in [0.3, 0.4) is 0 Å². The van der Waals surface area contributed by atoms with Gasteiger partial charge in [0.2, 0.25) is 0 Å². The average molecular weight is 542 g/mol. The minimum absolute atomic E-state index is 0.00151. The van der Waals surface area contributed by atoms with Gasteiger partial charge in [0.1, 0.15) is 15.8 Å². The fourth-order valence-electron chi connectivity index (χ4n) is 5.90. The summed E-state index contributed by atoms with van der Waals surface area (Å²) in [7, 11) is 0. The Hall–Kier alpha value is -2.27. The second-order valence-electron chi connectivity index (χ2n) is 11.7. The second kappa shape index (κ2) is 9.80. The molecular weight excluding hydrogens is 506 g/mol. The lowest BCUT2D eigenvalue weighted by atomic mass is 9.79. The number of fused-ring (bicyclic) bond motifs is 1. The Kier molecular flexibility index (Phi) is 6.97. The number of rotatable bonds is 5. The van der Waals surface area contributed by atoms with E-state index in [-0.39, 0.29) is 34.7 Å². The molecule has 2 aromatic heterocycles. The van der Waals surface area contributed by atoms with Gasteiger partial charge in [0.05, 0.1) is 23.1 Å². The summed E-state index contributed by atoms with van der Waals surface area (Å²) in [5.74, 6) is 0.311. The first-order valence-corrected chi connectivity index (χ1v) is 14.1. The molecule has 1 atom stereocenters. The van der Waals surface area contributed by atoms with E-state index in [2.05, 4.69) is 38.3 Å². The SMILES string of the molecule is Cc1ccc2nc(NC3CC(C)(C)NC(C)(C)C3)c(/C=C3\SC(=S)N(CC4CCCO4)C3=O)c(=O)n2c1. The number of nitrogens with one attached hydrogen (secondary N) is 2. The van der Waals surface area contributed by atoms with Crippen LogP contribution in [0.5, 0.6) is 0 Å². The third-order valence-electron chi connectivity index (χ3n) is 7.10. The Morgan fingerprint density at radius 1 is 1.24 bits per heavy atom. The summed E-state index contributed by atoms with van der Waals surface area (Å²) in [6.07, 6.45) is 7.10. The number of hydrogen-bond donors (Lipinski definition) is 2. The molecule has 37 heavy (non-hydrogen) atoms. The van der Waals surface area contributed by atoms with E-state index in [1.807, 2.05) is 19.1 Å². The molecule has 0 aromatic carbocycles. The number of piperidine rings is 1. The van der Waals surface area contributed by atoms with Crippen LogP contribution in [0.4, 0.5) is 5.82 Å². The van der Waals surface area contributed by atoms with Crippen LogP contribution in [0.2, 0.25) is 0 Å². The molecule has 0 radical (unpaired) electrons. The molecule has 198 valence electrons.